The van der Waals surface area contributed by atoms with E-state index >= 15 is 0 Å². The molecule has 50 heavy (non-hydrogen) atoms. The first-order valence-corrected chi connectivity index (χ1v) is 16.0. The van der Waals surface area contributed by atoms with Gasteiger partial charge in [-0.3, -0.25) is 14.4 Å². The zero-order valence-electron chi connectivity index (χ0n) is 27.3. The Hall–Kier alpha value is -5.58. The van der Waals surface area contributed by atoms with E-state index in [0.717, 1.165) is 27.9 Å². The normalized spacial score (nSPS) is 11.4. The summed E-state index contributed by atoms with van der Waals surface area (Å²) in [6.07, 6.45) is 0.581. The number of carbonyl (C=O) groups is 4. The maximum absolute atomic E-state index is 11.6. The lowest BCUT2D eigenvalue weighted by Crippen LogP contribution is -2.65. The van der Waals surface area contributed by atoms with Gasteiger partial charge >= 0.3 is 23.6 Å². The van der Waals surface area contributed by atoms with Crippen molar-refractivity contribution >= 4 is 69.2 Å². The summed E-state index contributed by atoms with van der Waals surface area (Å²) in [6.45, 7) is 4.86. The number of aliphatic hydroxyl groups excluding tert-OH is 1. The number of benzene rings is 4. The number of rotatable bonds is 7. The molecule has 0 saturated carbocycles. The molecular weight excluding hydrogens is 683 g/mol. The molecule has 0 bridgehead atoms. The van der Waals surface area contributed by atoms with Gasteiger partial charge in [-0.05, 0) is 60.9 Å². The van der Waals surface area contributed by atoms with Crippen LogP contribution in [0, 0.1) is 13.8 Å². The predicted octanol–water partition coefficient (Wildman–Crippen LogP) is 6.07. The number of aromatic hydroxyl groups is 1. The Morgan fingerprint density at radius 3 is 1.98 bits per heavy atom. The number of aromatic nitrogens is 1. The predicted molar refractivity (Wildman–Crippen MR) is 190 cm³/mol. The molecule has 0 fully saturated rings. The fourth-order valence-electron chi connectivity index (χ4n) is 4.99. The van der Waals surface area contributed by atoms with Crippen LogP contribution in [-0.4, -0.2) is 56.3 Å². The number of ketones is 2. The first-order valence-electron chi connectivity index (χ1n) is 15.2. The number of hydrogen-bond donors (Lipinski definition) is 4. The average Bonchev–Trinajstić information content (AvgIpc) is 3.37. The first-order chi connectivity index (χ1) is 23.7. The number of nitrogens with one attached hydrogen (secondary N) is 1. The van der Waals surface area contributed by atoms with Crippen molar-refractivity contribution in [1.29, 1.82) is 0 Å². The highest BCUT2D eigenvalue weighted by atomic mass is 35.5. The molecule has 256 valence electrons. The summed E-state index contributed by atoms with van der Waals surface area (Å²) in [7, 11) is 0. The Kier molecular flexibility index (Phi) is 12.4. The van der Waals surface area contributed by atoms with Crippen LogP contribution in [0.5, 0.6) is 5.75 Å². The Bertz CT molecular complexity index is 2110. The standard InChI is InChI=1S/C18H14ClNO3.C11H11ClO3.C9H7NO2/c1-10-3-2-4-13-15(18(22)23)17(21)14(20-16(10)13)9-11-5-7-12(19)8-6-11;1-8(13)15-7-11(14)6-9-2-4-10(12)5-3-9;1-5-3-2-4-6-7(5)10-9(12)8(6)11/h2-8,21H,9H2,1H3,(H,22,23);2-5H,6-7H2,1H3;2-4H,1H3,(H,10,11,12)/p+1. The molecule has 1 aliphatic rings. The van der Waals surface area contributed by atoms with Crippen molar-refractivity contribution in [2.75, 3.05) is 6.61 Å². The molecule has 4 N–H and O–H groups in total. The number of ether oxygens (including phenoxy) is 1. The number of para-hydroxylation sites is 2. The van der Waals surface area contributed by atoms with Crippen molar-refractivity contribution in [3.8, 4) is 5.75 Å². The number of fused-ring (bicyclic) bond motifs is 2. The Balaban J connectivity index is 0.000000180. The van der Waals surface area contributed by atoms with Gasteiger partial charge in [0.2, 0.25) is 5.69 Å². The van der Waals surface area contributed by atoms with Gasteiger partial charge in [-0.15, -0.1) is 0 Å². The minimum Gasteiger partial charge on any atom is -0.505 e. The molecule has 0 saturated heterocycles. The highest BCUT2D eigenvalue weighted by molar-refractivity contribution is 6.42. The second-order valence-corrected chi connectivity index (χ2v) is 12.2. The SMILES string of the molecule is CC(=O)OCC(=O)Cc1ccc(Cl)cc1.Cc1cccc2c(C(=O)O)c(O)c(Cc3ccc(Cl)cc3)nc12.Cc1cccc2c1[NH+]=C(O)C2=O. The Labute approximate surface area is 297 Å². The lowest BCUT2D eigenvalue weighted by molar-refractivity contribution is -0.360. The molecule has 0 spiro atoms. The molecule has 0 radical (unpaired) electrons. The number of carbonyl (C=O) groups excluding carboxylic acids is 3. The van der Waals surface area contributed by atoms with Crippen molar-refractivity contribution in [2.45, 2.75) is 33.6 Å². The molecule has 0 atom stereocenters. The van der Waals surface area contributed by atoms with E-state index in [9.17, 15) is 29.4 Å². The van der Waals surface area contributed by atoms with Crippen molar-refractivity contribution in [2.24, 2.45) is 0 Å². The number of pyridine rings is 1. The van der Waals surface area contributed by atoms with Gasteiger partial charge < -0.3 is 20.1 Å². The number of aromatic carboxylic acids is 1. The van der Waals surface area contributed by atoms with Crippen LogP contribution in [0.15, 0.2) is 84.9 Å². The van der Waals surface area contributed by atoms with E-state index in [1.165, 1.54) is 6.92 Å². The summed E-state index contributed by atoms with van der Waals surface area (Å²) in [6, 6.07) is 24.8. The second-order valence-electron chi connectivity index (χ2n) is 11.3. The zero-order valence-corrected chi connectivity index (χ0v) is 28.8. The van der Waals surface area contributed by atoms with E-state index in [4.69, 9.17) is 28.3 Å². The molecule has 0 unspecified atom stereocenters. The third-order valence-electron chi connectivity index (χ3n) is 7.49. The van der Waals surface area contributed by atoms with Crippen LogP contribution in [0.3, 0.4) is 0 Å². The maximum atomic E-state index is 11.6. The van der Waals surface area contributed by atoms with Crippen LogP contribution >= 0.6 is 23.2 Å². The summed E-state index contributed by atoms with van der Waals surface area (Å²) in [5.41, 5.74) is 5.67. The molecule has 6 rings (SSSR count). The van der Waals surface area contributed by atoms with Crippen LogP contribution in [0.1, 0.15) is 55.6 Å². The lowest BCUT2D eigenvalue weighted by atomic mass is 10.0. The minimum absolute atomic E-state index is 0.109. The van der Waals surface area contributed by atoms with Gasteiger partial charge in [-0.1, -0.05) is 77.8 Å². The molecule has 10 nitrogen and oxygen atoms in total. The number of aryl methyl sites for hydroxylation is 2. The molecule has 0 aliphatic carbocycles. The summed E-state index contributed by atoms with van der Waals surface area (Å²) >= 11 is 11.6. The fourth-order valence-corrected chi connectivity index (χ4v) is 5.24. The van der Waals surface area contributed by atoms with Gasteiger partial charge in [0.1, 0.15) is 17.7 Å². The summed E-state index contributed by atoms with van der Waals surface area (Å²) < 4.78 is 4.59. The molecule has 1 aliphatic heterocycles. The molecule has 5 aromatic rings. The minimum atomic E-state index is -1.17. The summed E-state index contributed by atoms with van der Waals surface area (Å²) in [5.74, 6) is -2.64. The van der Waals surface area contributed by atoms with E-state index in [0.29, 0.717) is 38.6 Å². The number of Topliss-reactive ketones (excluding diaryl/α,β-unsaturated/α-hetero) is 2. The number of halogens is 2. The summed E-state index contributed by atoms with van der Waals surface area (Å²) in [4.78, 5) is 51.7. The Morgan fingerprint density at radius 2 is 1.40 bits per heavy atom. The number of esters is 1. The van der Waals surface area contributed by atoms with Gasteiger partial charge in [0.25, 0.3) is 0 Å². The van der Waals surface area contributed by atoms with Crippen LogP contribution in [-0.2, 0) is 27.2 Å². The van der Waals surface area contributed by atoms with Gasteiger partial charge in [-0.25, -0.2) is 9.78 Å². The number of nitrogens with zero attached hydrogens (tertiary/aromatic N) is 1. The molecule has 0 amide bonds. The highest BCUT2D eigenvalue weighted by Crippen LogP contribution is 2.32. The van der Waals surface area contributed by atoms with Gasteiger partial charge in [0.15, 0.2) is 11.5 Å². The van der Waals surface area contributed by atoms with Crippen LogP contribution < -0.4 is 4.99 Å². The first kappa shape index (κ1) is 37.2. The molecule has 4 aromatic carbocycles. The monoisotopic (exact) mass is 715 g/mol. The van der Waals surface area contributed by atoms with Gasteiger partial charge in [0.05, 0.1) is 11.2 Å². The third-order valence-corrected chi connectivity index (χ3v) is 7.99. The number of carboxylic acid groups (broad SMARTS) is 1. The Morgan fingerprint density at radius 1 is 0.820 bits per heavy atom. The van der Waals surface area contributed by atoms with Crippen LogP contribution in [0.2, 0.25) is 10.0 Å². The maximum Gasteiger partial charge on any atom is 0.414 e. The van der Waals surface area contributed by atoms with Crippen molar-refractivity contribution in [3.05, 3.63) is 134 Å². The number of hydrogen-bond acceptors (Lipinski definition) is 7. The third kappa shape index (κ3) is 9.52. The van der Waals surface area contributed by atoms with Crippen molar-refractivity contribution in [1.82, 2.24) is 4.98 Å². The van der Waals surface area contributed by atoms with E-state index in [1.54, 1.807) is 60.7 Å². The average molecular weight is 717 g/mol. The van der Waals surface area contributed by atoms with Crippen molar-refractivity contribution in [3.63, 3.8) is 0 Å². The number of aliphatic hydroxyl groups is 1. The van der Waals surface area contributed by atoms with E-state index in [1.807, 2.05) is 38.1 Å². The smallest absolute Gasteiger partial charge is 0.414 e. The van der Waals surface area contributed by atoms with Crippen molar-refractivity contribution < 1.29 is 44.2 Å². The lowest BCUT2D eigenvalue weighted by Gasteiger charge is -2.12. The summed E-state index contributed by atoms with van der Waals surface area (Å²) in [5, 5.41) is 30.7. The quantitative estimate of drug-likeness (QED) is 0.147. The van der Waals surface area contributed by atoms with E-state index in [2.05, 4.69) is 14.7 Å². The second kappa shape index (κ2) is 16.7. The van der Waals surface area contributed by atoms with Gasteiger partial charge in [0, 0.05) is 40.8 Å². The number of carboxylic acids is 1. The molecular formula is C38H33Cl2N2O8+. The topological polar surface area (TPSA) is 165 Å². The fraction of sp³-hybridized carbons (Fsp3) is 0.158. The van der Waals surface area contributed by atoms with Crippen LogP contribution in [0.25, 0.3) is 10.9 Å². The van der Waals surface area contributed by atoms with Crippen LogP contribution in [0.4, 0.5) is 5.69 Å². The molecule has 2 heterocycles. The van der Waals surface area contributed by atoms with E-state index < -0.39 is 11.9 Å². The van der Waals surface area contributed by atoms with Gasteiger partial charge in [-0.2, -0.15) is 4.99 Å². The molecule has 12 heteroatoms. The highest BCUT2D eigenvalue weighted by Gasteiger charge is 2.32. The largest absolute Gasteiger partial charge is 0.505 e. The van der Waals surface area contributed by atoms with E-state index in [-0.39, 0.29) is 41.8 Å². The zero-order chi connectivity index (χ0) is 36.5. The molecule has 1 aromatic heterocycles.